The van der Waals surface area contributed by atoms with E-state index in [9.17, 15) is 4.79 Å². The Morgan fingerprint density at radius 1 is 1.33 bits per heavy atom. The van der Waals surface area contributed by atoms with Crippen LogP contribution in [-0.2, 0) is 16.5 Å². The molecule has 24 heavy (non-hydrogen) atoms. The molecule has 1 aromatic rings. The Morgan fingerprint density at radius 3 is 2.42 bits per heavy atom. The standard InChI is InChI=1S/C16H27N5O3/c1-12(15-19-17-11-20(15)2)18-16(22)21(9-13-5-3-7-23-13)10-14-6-4-8-24-14/h11-14H,3-10H2,1-2H3,(H,18,22). The van der Waals surface area contributed by atoms with Crippen LogP contribution in [0, 0.1) is 0 Å². The number of nitrogens with one attached hydrogen (secondary N) is 1. The zero-order chi connectivity index (χ0) is 16.9. The van der Waals surface area contributed by atoms with E-state index < -0.39 is 0 Å². The summed E-state index contributed by atoms with van der Waals surface area (Å²) in [5.74, 6) is 0.734. The van der Waals surface area contributed by atoms with Crippen molar-refractivity contribution < 1.29 is 14.3 Å². The van der Waals surface area contributed by atoms with Crippen molar-refractivity contribution in [1.82, 2.24) is 25.0 Å². The average molecular weight is 337 g/mol. The van der Waals surface area contributed by atoms with Gasteiger partial charge in [-0.1, -0.05) is 0 Å². The molecule has 0 bridgehead atoms. The van der Waals surface area contributed by atoms with E-state index in [1.165, 1.54) is 0 Å². The largest absolute Gasteiger partial charge is 0.376 e. The maximum atomic E-state index is 12.8. The van der Waals surface area contributed by atoms with Crippen LogP contribution in [0.5, 0.6) is 0 Å². The molecule has 0 aliphatic carbocycles. The molecule has 2 fully saturated rings. The highest BCUT2D eigenvalue weighted by molar-refractivity contribution is 5.74. The molecule has 0 saturated carbocycles. The van der Waals surface area contributed by atoms with Gasteiger partial charge >= 0.3 is 6.03 Å². The Hall–Kier alpha value is -1.67. The minimum absolute atomic E-state index is 0.100. The number of aryl methyl sites for hydroxylation is 1. The highest BCUT2D eigenvalue weighted by Crippen LogP contribution is 2.18. The molecule has 134 valence electrons. The Bertz CT molecular complexity index is 520. The summed E-state index contributed by atoms with van der Waals surface area (Å²) in [5.41, 5.74) is 0. The molecular weight excluding hydrogens is 310 g/mol. The van der Waals surface area contributed by atoms with Gasteiger partial charge in [-0.2, -0.15) is 0 Å². The minimum Gasteiger partial charge on any atom is -0.376 e. The molecule has 3 unspecified atom stereocenters. The van der Waals surface area contributed by atoms with E-state index in [1.807, 2.05) is 23.4 Å². The van der Waals surface area contributed by atoms with Crippen molar-refractivity contribution in [3.63, 3.8) is 0 Å². The molecule has 2 amide bonds. The molecule has 1 N–H and O–H groups in total. The van der Waals surface area contributed by atoms with Crippen LogP contribution in [0.3, 0.4) is 0 Å². The third kappa shape index (κ3) is 4.24. The molecule has 8 heteroatoms. The topological polar surface area (TPSA) is 81.5 Å². The maximum Gasteiger partial charge on any atom is 0.318 e. The van der Waals surface area contributed by atoms with E-state index in [0.29, 0.717) is 13.1 Å². The van der Waals surface area contributed by atoms with Crippen molar-refractivity contribution in [2.45, 2.75) is 50.9 Å². The molecule has 0 spiro atoms. The maximum absolute atomic E-state index is 12.8. The van der Waals surface area contributed by atoms with Gasteiger partial charge in [-0.05, 0) is 32.6 Å². The third-order valence-corrected chi connectivity index (χ3v) is 4.66. The molecule has 0 aromatic carbocycles. The molecule has 2 aliphatic rings. The Morgan fingerprint density at radius 2 is 1.96 bits per heavy atom. The number of carbonyl (C=O) groups excluding carboxylic acids is 1. The molecule has 3 rings (SSSR count). The number of nitrogens with zero attached hydrogens (tertiary/aromatic N) is 4. The third-order valence-electron chi connectivity index (χ3n) is 4.66. The first-order chi connectivity index (χ1) is 11.6. The number of carbonyl (C=O) groups is 1. The molecule has 2 saturated heterocycles. The fourth-order valence-corrected chi connectivity index (χ4v) is 3.33. The Balaban J connectivity index is 1.61. The van der Waals surface area contributed by atoms with Gasteiger partial charge in [0.25, 0.3) is 0 Å². The van der Waals surface area contributed by atoms with Gasteiger partial charge < -0.3 is 24.3 Å². The van der Waals surface area contributed by atoms with Gasteiger partial charge in [0.2, 0.25) is 0 Å². The first-order valence-electron chi connectivity index (χ1n) is 8.76. The Labute approximate surface area is 142 Å². The summed E-state index contributed by atoms with van der Waals surface area (Å²) in [6.45, 7) is 4.71. The number of urea groups is 1. The lowest BCUT2D eigenvalue weighted by Gasteiger charge is -2.29. The normalized spacial score (nSPS) is 24.9. The van der Waals surface area contributed by atoms with Gasteiger partial charge in [0, 0.05) is 33.4 Å². The van der Waals surface area contributed by atoms with Crippen LogP contribution in [0.25, 0.3) is 0 Å². The quantitative estimate of drug-likeness (QED) is 0.845. The van der Waals surface area contributed by atoms with Gasteiger partial charge in [0.05, 0.1) is 18.2 Å². The van der Waals surface area contributed by atoms with Crippen LogP contribution in [0.4, 0.5) is 4.79 Å². The molecule has 2 aliphatic heterocycles. The zero-order valence-electron chi connectivity index (χ0n) is 14.5. The van der Waals surface area contributed by atoms with Gasteiger partial charge in [0.15, 0.2) is 5.82 Å². The lowest BCUT2D eigenvalue weighted by molar-refractivity contribution is 0.0493. The predicted octanol–water partition coefficient (Wildman–Crippen LogP) is 1.25. The van der Waals surface area contributed by atoms with Gasteiger partial charge in [-0.25, -0.2) is 4.79 Å². The number of ether oxygens (including phenoxy) is 2. The number of hydrogen-bond donors (Lipinski definition) is 1. The fraction of sp³-hybridized carbons (Fsp3) is 0.812. The Kier molecular flexibility index (Phi) is 5.68. The van der Waals surface area contributed by atoms with Crippen LogP contribution in [0.1, 0.15) is 44.5 Å². The fourth-order valence-electron chi connectivity index (χ4n) is 3.33. The first kappa shape index (κ1) is 17.2. The lowest BCUT2D eigenvalue weighted by Crippen LogP contribution is -2.47. The number of hydrogen-bond acceptors (Lipinski definition) is 5. The number of amides is 2. The predicted molar refractivity (Wildman–Crippen MR) is 87.5 cm³/mol. The smallest absolute Gasteiger partial charge is 0.318 e. The van der Waals surface area contributed by atoms with Crippen molar-refractivity contribution in [1.29, 1.82) is 0 Å². The zero-order valence-corrected chi connectivity index (χ0v) is 14.5. The molecule has 1 aromatic heterocycles. The highest BCUT2D eigenvalue weighted by Gasteiger charge is 2.28. The van der Waals surface area contributed by atoms with Gasteiger partial charge in [0.1, 0.15) is 6.33 Å². The second-order valence-corrected chi connectivity index (χ2v) is 6.65. The van der Waals surface area contributed by atoms with Crippen molar-refractivity contribution in [3.05, 3.63) is 12.2 Å². The van der Waals surface area contributed by atoms with E-state index in [4.69, 9.17) is 9.47 Å². The number of rotatable bonds is 6. The molecular formula is C16H27N5O3. The van der Waals surface area contributed by atoms with E-state index in [0.717, 1.165) is 44.7 Å². The lowest BCUT2D eigenvalue weighted by atomic mass is 10.2. The van der Waals surface area contributed by atoms with Crippen molar-refractivity contribution >= 4 is 6.03 Å². The minimum atomic E-state index is -0.207. The van der Waals surface area contributed by atoms with Crippen LogP contribution >= 0.6 is 0 Å². The molecule has 8 nitrogen and oxygen atoms in total. The van der Waals surface area contributed by atoms with Crippen molar-refractivity contribution in [2.75, 3.05) is 26.3 Å². The summed E-state index contributed by atoms with van der Waals surface area (Å²) in [4.78, 5) is 14.6. The van der Waals surface area contributed by atoms with Crippen molar-refractivity contribution in [3.8, 4) is 0 Å². The summed E-state index contributed by atoms with van der Waals surface area (Å²) < 4.78 is 13.2. The van der Waals surface area contributed by atoms with E-state index >= 15 is 0 Å². The highest BCUT2D eigenvalue weighted by atomic mass is 16.5. The second kappa shape index (κ2) is 7.94. The van der Waals surface area contributed by atoms with Gasteiger partial charge in [-0.3, -0.25) is 0 Å². The molecule has 0 radical (unpaired) electrons. The van der Waals surface area contributed by atoms with Crippen LogP contribution in [0.2, 0.25) is 0 Å². The van der Waals surface area contributed by atoms with Crippen molar-refractivity contribution in [2.24, 2.45) is 7.05 Å². The average Bonchev–Trinajstić information content (AvgIpc) is 3.28. The van der Waals surface area contributed by atoms with E-state index in [-0.39, 0.29) is 24.3 Å². The van der Waals surface area contributed by atoms with E-state index in [2.05, 4.69) is 15.5 Å². The summed E-state index contributed by atoms with van der Waals surface area (Å²) in [6, 6.07) is -0.307. The van der Waals surface area contributed by atoms with Crippen LogP contribution in [-0.4, -0.2) is 64.2 Å². The first-order valence-corrected chi connectivity index (χ1v) is 8.76. The summed E-state index contributed by atoms with van der Waals surface area (Å²) >= 11 is 0. The van der Waals surface area contributed by atoms with E-state index in [1.54, 1.807) is 6.33 Å². The summed E-state index contributed by atoms with van der Waals surface area (Å²) in [6.07, 6.45) is 6.03. The molecule has 3 heterocycles. The van der Waals surface area contributed by atoms with Crippen LogP contribution < -0.4 is 5.32 Å². The SMILES string of the molecule is CC(NC(=O)N(CC1CCCO1)CC1CCCO1)c1nncn1C. The van der Waals surface area contributed by atoms with Gasteiger partial charge in [-0.15, -0.1) is 10.2 Å². The van der Waals surface area contributed by atoms with Crippen LogP contribution in [0.15, 0.2) is 6.33 Å². The number of aromatic nitrogens is 3. The second-order valence-electron chi connectivity index (χ2n) is 6.65. The molecule has 3 atom stereocenters. The summed E-state index contributed by atoms with van der Waals surface area (Å²) in [7, 11) is 1.87. The summed E-state index contributed by atoms with van der Waals surface area (Å²) in [5, 5.41) is 11.0. The monoisotopic (exact) mass is 337 g/mol.